The molecule has 0 bridgehead atoms. The smallest absolute Gasteiger partial charge is 0.120 e. The van der Waals surface area contributed by atoms with E-state index in [0.717, 1.165) is 11.8 Å². The first-order valence-corrected chi connectivity index (χ1v) is 6.28. The highest BCUT2D eigenvalue weighted by Crippen LogP contribution is 2.37. The maximum atomic E-state index is 5.75. The molecule has 1 saturated carbocycles. The van der Waals surface area contributed by atoms with Crippen molar-refractivity contribution in [3.05, 3.63) is 24.5 Å². The molecule has 1 aliphatic carbocycles. The van der Waals surface area contributed by atoms with Crippen LogP contribution in [0, 0.1) is 17.8 Å². The molecule has 84 valence electrons. The normalized spacial score (nSPS) is 40.9. The van der Waals surface area contributed by atoms with Crippen LogP contribution in [0.5, 0.6) is 0 Å². The van der Waals surface area contributed by atoms with Crippen molar-refractivity contribution >= 4 is 0 Å². The zero-order chi connectivity index (χ0) is 10.7. The van der Waals surface area contributed by atoms with E-state index >= 15 is 0 Å². The molecule has 0 amide bonds. The van der Waals surface area contributed by atoms with Crippen LogP contribution < -0.4 is 0 Å². The van der Waals surface area contributed by atoms with E-state index in [-0.39, 0.29) is 0 Å². The van der Waals surface area contributed by atoms with Gasteiger partial charge in [0.25, 0.3) is 0 Å². The van der Waals surface area contributed by atoms with E-state index in [4.69, 9.17) is 4.74 Å². The van der Waals surface area contributed by atoms with E-state index in [1.165, 1.54) is 25.7 Å². The van der Waals surface area contributed by atoms with Gasteiger partial charge in [0.05, 0.1) is 6.26 Å². The first kappa shape index (κ1) is 10.8. The molecule has 0 aromatic carbocycles. The highest BCUT2D eigenvalue weighted by molar-refractivity contribution is 5.09. The van der Waals surface area contributed by atoms with Crippen LogP contribution in [0.25, 0.3) is 0 Å². The predicted molar refractivity (Wildman–Crippen MR) is 63.4 cm³/mol. The largest absolute Gasteiger partial charge is 0.494 e. The SMILES string of the molecule is CC1CCCCC(C)C1C1C=CC=CO1. The summed E-state index contributed by atoms with van der Waals surface area (Å²) in [7, 11) is 0. The molecule has 0 spiro atoms. The van der Waals surface area contributed by atoms with E-state index in [1.54, 1.807) is 0 Å². The van der Waals surface area contributed by atoms with Gasteiger partial charge in [-0.25, -0.2) is 0 Å². The minimum atomic E-state index is 0.318. The van der Waals surface area contributed by atoms with E-state index in [1.807, 2.05) is 12.3 Å². The molecule has 3 unspecified atom stereocenters. The van der Waals surface area contributed by atoms with Crippen LogP contribution in [-0.2, 0) is 4.74 Å². The third-order valence-corrected chi connectivity index (χ3v) is 3.99. The first-order valence-electron chi connectivity index (χ1n) is 6.28. The third-order valence-electron chi connectivity index (χ3n) is 3.99. The van der Waals surface area contributed by atoms with Crippen molar-refractivity contribution in [2.24, 2.45) is 17.8 Å². The lowest BCUT2D eigenvalue weighted by Crippen LogP contribution is -2.31. The first-order chi connectivity index (χ1) is 7.29. The van der Waals surface area contributed by atoms with Gasteiger partial charge in [0.2, 0.25) is 0 Å². The molecular weight excluding hydrogens is 184 g/mol. The Kier molecular flexibility index (Phi) is 3.50. The summed E-state index contributed by atoms with van der Waals surface area (Å²) in [5.74, 6) is 2.29. The van der Waals surface area contributed by atoms with Crippen LogP contribution >= 0.6 is 0 Å². The monoisotopic (exact) mass is 206 g/mol. The van der Waals surface area contributed by atoms with Crippen molar-refractivity contribution in [1.82, 2.24) is 0 Å². The summed E-state index contributed by atoms with van der Waals surface area (Å²) in [6.45, 7) is 4.78. The van der Waals surface area contributed by atoms with Crippen LogP contribution in [0.4, 0.5) is 0 Å². The van der Waals surface area contributed by atoms with Crippen molar-refractivity contribution in [3.63, 3.8) is 0 Å². The summed E-state index contributed by atoms with van der Waals surface area (Å²) >= 11 is 0. The minimum absolute atomic E-state index is 0.318. The standard InChI is InChI=1S/C14H22O/c1-11-7-3-4-8-12(2)14(11)13-9-5-6-10-15-13/h5-6,9-14H,3-4,7-8H2,1-2H3. The van der Waals surface area contributed by atoms with Crippen LogP contribution in [0.1, 0.15) is 39.5 Å². The van der Waals surface area contributed by atoms with Crippen molar-refractivity contribution < 1.29 is 4.74 Å². The van der Waals surface area contributed by atoms with Gasteiger partial charge in [-0.3, -0.25) is 0 Å². The van der Waals surface area contributed by atoms with Gasteiger partial charge in [-0.2, -0.15) is 0 Å². The maximum Gasteiger partial charge on any atom is 0.120 e. The Hall–Kier alpha value is -0.720. The summed E-state index contributed by atoms with van der Waals surface area (Å²) in [6.07, 6.45) is 14.0. The number of ether oxygens (including phenoxy) is 1. The van der Waals surface area contributed by atoms with Gasteiger partial charge in [-0.1, -0.05) is 45.6 Å². The molecule has 0 N–H and O–H groups in total. The molecule has 1 heteroatoms. The second-order valence-corrected chi connectivity index (χ2v) is 5.13. The Morgan fingerprint density at radius 3 is 2.20 bits per heavy atom. The van der Waals surface area contributed by atoms with Gasteiger partial charge in [-0.15, -0.1) is 0 Å². The van der Waals surface area contributed by atoms with Crippen LogP contribution in [0.3, 0.4) is 0 Å². The van der Waals surface area contributed by atoms with E-state index < -0.39 is 0 Å². The summed E-state index contributed by atoms with van der Waals surface area (Å²) in [5, 5.41) is 0. The quantitative estimate of drug-likeness (QED) is 0.591. The maximum absolute atomic E-state index is 5.75. The van der Waals surface area contributed by atoms with Crippen molar-refractivity contribution in [2.75, 3.05) is 0 Å². The van der Waals surface area contributed by atoms with E-state index in [9.17, 15) is 0 Å². The molecule has 1 fully saturated rings. The zero-order valence-corrected chi connectivity index (χ0v) is 9.86. The van der Waals surface area contributed by atoms with Gasteiger partial charge in [0.15, 0.2) is 0 Å². The van der Waals surface area contributed by atoms with Gasteiger partial charge in [0.1, 0.15) is 6.10 Å². The second kappa shape index (κ2) is 4.87. The Labute approximate surface area is 93.2 Å². The summed E-state index contributed by atoms with van der Waals surface area (Å²) < 4.78 is 5.75. The average Bonchev–Trinajstić information content (AvgIpc) is 2.41. The van der Waals surface area contributed by atoms with Crippen molar-refractivity contribution in [1.29, 1.82) is 0 Å². The molecule has 2 rings (SSSR count). The van der Waals surface area contributed by atoms with Crippen LogP contribution in [0.15, 0.2) is 24.5 Å². The van der Waals surface area contributed by atoms with Crippen LogP contribution in [0.2, 0.25) is 0 Å². The second-order valence-electron chi connectivity index (χ2n) is 5.13. The number of hydrogen-bond acceptors (Lipinski definition) is 1. The van der Waals surface area contributed by atoms with Gasteiger partial charge in [0, 0.05) is 5.92 Å². The Balaban J connectivity index is 2.08. The van der Waals surface area contributed by atoms with Gasteiger partial charge < -0.3 is 4.74 Å². The van der Waals surface area contributed by atoms with Gasteiger partial charge in [-0.05, 0) is 24.0 Å². The fourth-order valence-corrected chi connectivity index (χ4v) is 3.15. The molecule has 1 heterocycles. The Morgan fingerprint density at radius 1 is 1.00 bits per heavy atom. The minimum Gasteiger partial charge on any atom is -0.494 e. The van der Waals surface area contributed by atoms with Crippen LogP contribution in [-0.4, -0.2) is 6.10 Å². The number of hydrogen-bond donors (Lipinski definition) is 0. The molecule has 0 saturated heterocycles. The summed E-state index contributed by atoms with van der Waals surface area (Å²) in [6, 6.07) is 0. The molecule has 0 radical (unpaired) electrons. The molecule has 1 nitrogen and oxygen atoms in total. The third kappa shape index (κ3) is 2.45. The molecule has 15 heavy (non-hydrogen) atoms. The molecule has 2 aliphatic rings. The molecule has 0 aromatic rings. The number of rotatable bonds is 1. The number of allylic oxidation sites excluding steroid dienone is 2. The topological polar surface area (TPSA) is 9.23 Å². The fourth-order valence-electron chi connectivity index (χ4n) is 3.15. The zero-order valence-electron chi connectivity index (χ0n) is 9.86. The van der Waals surface area contributed by atoms with Gasteiger partial charge >= 0.3 is 0 Å². The molecule has 3 atom stereocenters. The van der Waals surface area contributed by atoms with Crippen molar-refractivity contribution in [3.8, 4) is 0 Å². The molecule has 1 aliphatic heterocycles. The van der Waals surface area contributed by atoms with E-state index in [0.29, 0.717) is 12.0 Å². The molecule has 0 aromatic heterocycles. The summed E-state index contributed by atoms with van der Waals surface area (Å²) in [4.78, 5) is 0. The predicted octanol–water partition coefficient (Wildman–Crippen LogP) is 3.92. The lowest BCUT2D eigenvalue weighted by molar-refractivity contribution is 0.0625. The molecular formula is C14H22O. The lowest BCUT2D eigenvalue weighted by atomic mass is 9.78. The highest BCUT2D eigenvalue weighted by Gasteiger charge is 2.32. The Bertz CT molecular complexity index is 242. The van der Waals surface area contributed by atoms with E-state index in [2.05, 4.69) is 26.0 Å². The summed E-state index contributed by atoms with van der Waals surface area (Å²) in [5.41, 5.74) is 0. The lowest BCUT2D eigenvalue weighted by Gasteiger charge is -2.33. The average molecular weight is 206 g/mol. The van der Waals surface area contributed by atoms with Crippen molar-refractivity contribution in [2.45, 2.75) is 45.6 Å². The highest BCUT2D eigenvalue weighted by atomic mass is 16.5. The Morgan fingerprint density at radius 2 is 1.67 bits per heavy atom. The fraction of sp³-hybridized carbons (Fsp3) is 0.714.